The Bertz CT molecular complexity index is 228. The second-order valence-electron chi connectivity index (χ2n) is 3.16. The Kier molecular flexibility index (Phi) is 5.86. The van der Waals surface area contributed by atoms with E-state index in [9.17, 15) is 0 Å². The second kappa shape index (κ2) is 7.41. The highest BCUT2D eigenvalue weighted by Gasteiger charge is 1.92. The van der Waals surface area contributed by atoms with Crippen LogP contribution in [0, 0.1) is 0 Å². The van der Waals surface area contributed by atoms with Crippen molar-refractivity contribution in [2.75, 3.05) is 13.2 Å². The third kappa shape index (κ3) is 4.89. The fourth-order valence-electron chi connectivity index (χ4n) is 1.18. The largest absolute Gasteiger partial charge is 0.396 e. The van der Waals surface area contributed by atoms with E-state index < -0.39 is 0 Å². The van der Waals surface area contributed by atoms with Crippen LogP contribution in [0.25, 0.3) is 0 Å². The van der Waals surface area contributed by atoms with Gasteiger partial charge in [-0.05, 0) is 31.9 Å². The van der Waals surface area contributed by atoms with Gasteiger partial charge < -0.3 is 10.4 Å². The Morgan fingerprint density at radius 2 is 2.21 bits per heavy atom. The highest BCUT2D eigenvalue weighted by atomic mass is 16.2. The van der Waals surface area contributed by atoms with Crippen molar-refractivity contribution in [3.63, 3.8) is 0 Å². The molecule has 0 aliphatic rings. The molecule has 0 aliphatic carbocycles. The summed E-state index contributed by atoms with van der Waals surface area (Å²) in [4.78, 5) is 7.95. The number of nitrogens with one attached hydrogen (secondary N) is 1. The van der Waals surface area contributed by atoms with Crippen LogP contribution in [0.5, 0.6) is 0 Å². The maximum atomic E-state index is 8.56. The average molecular weight is 195 g/mol. The molecule has 1 aromatic rings. The van der Waals surface area contributed by atoms with E-state index in [0.29, 0.717) is 6.61 Å². The molecule has 0 radical (unpaired) electrons. The van der Waals surface area contributed by atoms with Crippen molar-refractivity contribution in [3.8, 4) is 0 Å². The molecule has 1 aromatic heterocycles. The standard InChI is InChI=1S/C10H17N3O/c14-7-3-1-2-5-11-8-10-4-6-12-9-13-10/h4,6,9,11,14H,1-3,5,7-8H2. The van der Waals surface area contributed by atoms with Gasteiger partial charge in [-0.15, -0.1) is 0 Å². The lowest BCUT2D eigenvalue weighted by atomic mass is 10.2. The van der Waals surface area contributed by atoms with Crippen LogP contribution < -0.4 is 5.32 Å². The van der Waals surface area contributed by atoms with Gasteiger partial charge in [-0.3, -0.25) is 0 Å². The van der Waals surface area contributed by atoms with Gasteiger partial charge in [0, 0.05) is 19.3 Å². The molecule has 0 spiro atoms. The van der Waals surface area contributed by atoms with Gasteiger partial charge in [0.2, 0.25) is 0 Å². The molecule has 14 heavy (non-hydrogen) atoms. The maximum Gasteiger partial charge on any atom is 0.115 e. The Hall–Kier alpha value is -1.00. The first-order chi connectivity index (χ1) is 6.93. The minimum atomic E-state index is 0.298. The van der Waals surface area contributed by atoms with Crippen LogP contribution in [0.2, 0.25) is 0 Å². The number of hydrogen-bond acceptors (Lipinski definition) is 4. The number of aliphatic hydroxyl groups excluding tert-OH is 1. The minimum Gasteiger partial charge on any atom is -0.396 e. The van der Waals surface area contributed by atoms with E-state index >= 15 is 0 Å². The Labute approximate surface area is 84.4 Å². The van der Waals surface area contributed by atoms with Crippen molar-refractivity contribution in [2.24, 2.45) is 0 Å². The van der Waals surface area contributed by atoms with E-state index in [1.165, 1.54) is 0 Å². The van der Waals surface area contributed by atoms with Gasteiger partial charge in [0.05, 0.1) is 5.69 Å². The van der Waals surface area contributed by atoms with Gasteiger partial charge in [0.1, 0.15) is 6.33 Å². The van der Waals surface area contributed by atoms with Crippen LogP contribution in [0.3, 0.4) is 0 Å². The highest BCUT2D eigenvalue weighted by molar-refractivity contribution is 4.96. The molecule has 0 aliphatic heterocycles. The maximum absolute atomic E-state index is 8.56. The molecule has 0 aromatic carbocycles. The molecular formula is C10H17N3O. The van der Waals surface area contributed by atoms with Crippen molar-refractivity contribution in [1.82, 2.24) is 15.3 Å². The van der Waals surface area contributed by atoms with Crippen molar-refractivity contribution < 1.29 is 5.11 Å². The summed E-state index contributed by atoms with van der Waals surface area (Å²) in [6.45, 7) is 2.07. The lowest BCUT2D eigenvalue weighted by Gasteiger charge is -2.02. The van der Waals surface area contributed by atoms with E-state index in [0.717, 1.165) is 38.0 Å². The highest BCUT2D eigenvalue weighted by Crippen LogP contribution is 1.93. The van der Waals surface area contributed by atoms with Gasteiger partial charge in [0.25, 0.3) is 0 Å². The fourth-order valence-corrected chi connectivity index (χ4v) is 1.18. The third-order valence-corrected chi connectivity index (χ3v) is 1.96. The number of hydrogen-bond donors (Lipinski definition) is 2. The zero-order valence-corrected chi connectivity index (χ0v) is 8.32. The SMILES string of the molecule is OCCCCCNCc1ccncn1. The first-order valence-corrected chi connectivity index (χ1v) is 5.00. The predicted molar refractivity (Wildman–Crippen MR) is 54.7 cm³/mol. The summed E-state index contributed by atoms with van der Waals surface area (Å²) >= 11 is 0. The average Bonchev–Trinajstić information content (AvgIpc) is 2.25. The van der Waals surface area contributed by atoms with Gasteiger partial charge >= 0.3 is 0 Å². The number of aromatic nitrogens is 2. The van der Waals surface area contributed by atoms with Crippen molar-refractivity contribution in [1.29, 1.82) is 0 Å². The zero-order valence-electron chi connectivity index (χ0n) is 8.32. The third-order valence-electron chi connectivity index (χ3n) is 1.96. The summed E-state index contributed by atoms with van der Waals surface area (Å²) in [6.07, 6.45) is 6.38. The topological polar surface area (TPSA) is 58.0 Å². The first-order valence-electron chi connectivity index (χ1n) is 5.00. The van der Waals surface area contributed by atoms with Crippen LogP contribution in [0.15, 0.2) is 18.6 Å². The first kappa shape index (κ1) is 11.1. The van der Waals surface area contributed by atoms with Crippen LogP contribution in [0.1, 0.15) is 25.0 Å². The van der Waals surface area contributed by atoms with E-state index in [2.05, 4.69) is 15.3 Å². The number of aliphatic hydroxyl groups is 1. The quantitative estimate of drug-likeness (QED) is 0.630. The Morgan fingerprint density at radius 1 is 1.29 bits per heavy atom. The van der Waals surface area contributed by atoms with Crippen LogP contribution >= 0.6 is 0 Å². The number of rotatable bonds is 7. The Balaban J connectivity index is 1.99. The number of unbranched alkanes of at least 4 members (excludes halogenated alkanes) is 2. The summed E-state index contributed by atoms with van der Waals surface area (Å²) in [6, 6.07) is 1.90. The minimum absolute atomic E-state index is 0.298. The molecule has 1 heterocycles. The van der Waals surface area contributed by atoms with Crippen LogP contribution in [-0.4, -0.2) is 28.2 Å². The molecule has 0 fully saturated rings. The van der Waals surface area contributed by atoms with Crippen molar-refractivity contribution in [3.05, 3.63) is 24.3 Å². The molecule has 0 amide bonds. The lowest BCUT2D eigenvalue weighted by Crippen LogP contribution is -2.15. The van der Waals surface area contributed by atoms with Crippen LogP contribution in [-0.2, 0) is 6.54 Å². The molecule has 0 saturated heterocycles. The summed E-state index contributed by atoms with van der Waals surface area (Å²) in [5.74, 6) is 0. The molecule has 78 valence electrons. The molecule has 0 saturated carbocycles. The van der Waals surface area contributed by atoms with Gasteiger partial charge in [-0.1, -0.05) is 0 Å². The van der Waals surface area contributed by atoms with Crippen molar-refractivity contribution in [2.45, 2.75) is 25.8 Å². The normalized spacial score (nSPS) is 10.4. The molecule has 1 rings (SSSR count). The van der Waals surface area contributed by atoms with Crippen molar-refractivity contribution >= 4 is 0 Å². The Morgan fingerprint density at radius 3 is 2.93 bits per heavy atom. The summed E-state index contributed by atoms with van der Waals surface area (Å²) in [5, 5.41) is 11.9. The molecule has 2 N–H and O–H groups in total. The zero-order chi connectivity index (χ0) is 10.1. The van der Waals surface area contributed by atoms with E-state index in [4.69, 9.17) is 5.11 Å². The van der Waals surface area contributed by atoms with Gasteiger partial charge in [-0.2, -0.15) is 0 Å². The summed E-state index contributed by atoms with van der Waals surface area (Å²) in [7, 11) is 0. The van der Waals surface area contributed by atoms with Crippen LogP contribution in [0.4, 0.5) is 0 Å². The monoisotopic (exact) mass is 195 g/mol. The molecule has 0 atom stereocenters. The lowest BCUT2D eigenvalue weighted by molar-refractivity contribution is 0.283. The second-order valence-corrected chi connectivity index (χ2v) is 3.16. The number of nitrogens with zero attached hydrogens (tertiary/aromatic N) is 2. The molecule has 0 bridgehead atoms. The van der Waals surface area contributed by atoms with E-state index in [1.807, 2.05) is 6.07 Å². The fraction of sp³-hybridized carbons (Fsp3) is 0.600. The van der Waals surface area contributed by atoms with Gasteiger partial charge in [-0.25, -0.2) is 9.97 Å². The molecule has 4 nitrogen and oxygen atoms in total. The molecule has 0 unspecified atom stereocenters. The van der Waals surface area contributed by atoms with E-state index in [-0.39, 0.29) is 0 Å². The predicted octanol–water partition coefficient (Wildman–Crippen LogP) is 0.729. The van der Waals surface area contributed by atoms with Gasteiger partial charge in [0.15, 0.2) is 0 Å². The molecule has 4 heteroatoms. The van der Waals surface area contributed by atoms with E-state index in [1.54, 1.807) is 12.5 Å². The smallest absolute Gasteiger partial charge is 0.115 e. The summed E-state index contributed by atoms with van der Waals surface area (Å²) < 4.78 is 0. The summed E-state index contributed by atoms with van der Waals surface area (Å²) in [5.41, 5.74) is 1.02. The molecular weight excluding hydrogens is 178 g/mol.